The van der Waals surface area contributed by atoms with Crippen LogP contribution in [0.2, 0.25) is 0 Å². The van der Waals surface area contributed by atoms with E-state index in [9.17, 15) is 9.18 Å². The van der Waals surface area contributed by atoms with Gasteiger partial charge < -0.3 is 13.9 Å². The lowest BCUT2D eigenvalue weighted by atomic mass is 9.87. The standard InChI is InChI=1S/C17H25BFNO3/c1-12(2)11-20-9-7-8-13(15(20)21)10-14(19)18-22-16(3,4)17(5,6)23-18/h7-10,12H,11H2,1-6H3. The van der Waals surface area contributed by atoms with Gasteiger partial charge in [-0.05, 0) is 51.8 Å². The van der Waals surface area contributed by atoms with Crippen LogP contribution < -0.4 is 5.56 Å². The first-order chi connectivity index (χ1) is 10.5. The average molecular weight is 321 g/mol. The van der Waals surface area contributed by atoms with E-state index in [4.69, 9.17) is 9.31 Å². The van der Waals surface area contributed by atoms with Crippen molar-refractivity contribution in [3.63, 3.8) is 0 Å². The predicted molar refractivity (Wildman–Crippen MR) is 90.7 cm³/mol. The summed E-state index contributed by atoms with van der Waals surface area (Å²) < 4.78 is 27.4. The van der Waals surface area contributed by atoms with Crippen LogP contribution >= 0.6 is 0 Å². The van der Waals surface area contributed by atoms with E-state index in [-0.39, 0.29) is 5.56 Å². The predicted octanol–water partition coefficient (Wildman–Crippen LogP) is 3.45. The number of hydrogen-bond donors (Lipinski definition) is 0. The third kappa shape index (κ3) is 3.75. The first kappa shape index (κ1) is 18.0. The van der Waals surface area contributed by atoms with E-state index in [1.807, 2.05) is 41.5 Å². The monoisotopic (exact) mass is 321 g/mol. The highest BCUT2D eigenvalue weighted by molar-refractivity contribution is 6.54. The summed E-state index contributed by atoms with van der Waals surface area (Å²) >= 11 is 0. The Morgan fingerprint density at radius 1 is 1.30 bits per heavy atom. The maximum absolute atomic E-state index is 14.5. The highest BCUT2D eigenvalue weighted by Gasteiger charge is 2.53. The molecule has 6 heteroatoms. The highest BCUT2D eigenvalue weighted by atomic mass is 19.1. The second kappa shape index (κ2) is 6.25. The zero-order valence-corrected chi connectivity index (χ0v) is 14.7. The minimum Gasteiger partial charge on any atom is -0.398 e. The van der Waals surface area contributed by atoms with Gasteiger partial charge in [0, 0.05) is 18.3 Å². The summed E-state index contributed by atoms with van der Waals surface area (Å²) in [6.07, 6.45) is 2.92. The molecular weight excluding hydrogens is 296 g/mol. The molecule has 1 aliphatic heterocycles. The Balaban J connectivity index is 2.28. The number of aromatic nitrogens is 1. The molecule has 0 aliphatic carbocycles. The van der Waals surface area contributed by atoms with Crippen LogP contribution in [0.15, 0.2) is 28.9 Å². The molecule has 2 rings (SSSR count). The first-order valence-electron chi connectivity index (χ1n) is 7.96. The van der Waals surface area contributed by atoms with E-state index in [1.165, 1.54) is 6.08 Å². The van der Waals surface area contributed by atoms with Gasteiger partial charge >= 0.3 is 7.12 Å². The van der Waals surface area contributed by atoms with Crippen molar-refractivity contribution in [2.24, 2.45) is 5.92 Å². The lowest BCUT2D eigenvalue weighted by molar-refractivity contribution is 0.00578. The van der Waals surface area contributed by atoms with Crippen molar-refractivity contribution in [3.05, 3.63) is 40.0 Å². The largest absolute Gasteiger partial charge is 0.525 e. The zero-order chi connectivity index (χ0) is 17.4. The summed E-state index contributed by atoms with van der Waals surface area (Å²) in [6.45, 7) is 12.1. The van der Waals surface area contributed by atoms with E-state index in [1.54, 1.807) is 22.9 Å². The summed E-state index contributed by atoms with van der Waals surface area (Å²) in [5, 5.41) is 0. The summed E-state index contributed by atoms with van der Waals surface area (Å²) in [5.41, 5.74) is -1.74. The Labute approximate surface area is 137 Å². The third-order valence-electron chi connectivity index (χ3n) is 4.38. The molecule has 1 aliphatic rings. The molecule has 126 valence electrons. The van der Waals surface area contributed by atoms with Crippen LogP contribution in [0.1, 0.15) is 47.1 Å². The lowest BCUT2D eigenvalue weighted by Gasteiger charge is -2.32. The smallest absolute Gasteiger partial charge is 0.398 e. The SMILES string of the molecule is CC(C)Cn1cccc(C=C(F)B2OC(C)(C)C(C)(C)O2)c1=O. The number of nitrogens with zero attached hydrogens (tertiary/aromatic N) is 1. The van der Waals surface area contributed by atoms with E-state index in [2.05, 4.69) is 0 Å². The van der Waals surface area contributed by atoms with Gasteiger partial charge in [0.25, 0.3) is 5.56 Å². The van der Waals surface area contributed by atoms with E-state index in [0.717, 1.165) is 0 Å². The second-order valence-corrected chi connectivity index (χ2v) is 7.43. The molecule has 0 N–H and O–H groups in total. The first-order valence-corrected chi connectivity index (χ1v) is 7.96. The molecule has 0 bridgehead atoms. The maximum atomic E-state index is 14.5. The third-order valence-corrected chi connectivity index (χ3v) is 4.38. The van der Waals surface area contributed by atoms with Gasteiger partial charge in [0.2, 0.25) is 0 Å². The molecule has 0 amide bonds. The van der Waals surface area contributed by atoms with Gasteiger partial charge in [-0.1, -0.05) is 13.8 Å². The Hall–Kier alpha value is -1.40. The van der Waals surface area contributed by atoms with Crippen LogP contribution in [-0.2, 0) is 15.9 Å². The van der Waals surface area contributed by atoms with Gasteiger partial charge in [0.05, 0.1) is 11.2 Å². The molecule has 0 saturated carbocycles. The van der Waals surface area contributed by atoms with Crippen LogP contribution in [0.4, 0.5) is 4.39 Å². The highest BCUT2D eigenvalue weighted by Crippen LogP contribution is 2.38. The molecule has 0 aromatic carbocycles. The number of pyridine rings is 1. The Morgan fingerprint density at radius 2 is 1.87 bits per heavy atom. The molecule has 1 saturated heterocycles. The molecule has 4 nitrogen and oxygen atoms in total. The molecular formula is C17H25BFNO3. The van der Waals surface area contributed by atoms with Crippen molar-refractivity contribution in [1.82, 2.24) is 4.57 Å². The van der Waals surface area contributed by atoms with Gasteiger partial charge in [-0.25, -0.2) is 4.39 Å². The van der Waals surface area contributed by atoms with Crippen molar-refractivity contribution in [3.8, 4) is 0 Å². The molecule has 0 radical (unpaired) electrons. The number of rotatable bonds is 4. The fraction of sp³-hybridized carbons (Fsp3) is 0.588. The molecule has 0 spiro atoms. The zero-order valence-electron chi connectivity index (χ0n) is 14.7. The van der Waals surface area contributed by atoms with Crippen molar-refractivity contribution >= 4 is 13.2 Å². The average Bonchev–Trinajstić information content (AvgIpc) is 2.63. The Kier molecular flexibility index (Phi) is 4.88. The fourth-order valence-corrected chi connectivity index (χ4v) is 2.37. The van der Waals surface area contributed by atoms with Gasteiger partial charge in [0.15, 0.2) is 0 Å². The second-order valence-electron chi connectivity index (χ2n) is 7.43. The molecule has 0 atom stereocenters. The van der Waals surface area contributed by atoms with Gasteiger partial charge in [-0.15, -0.1) is 0 Å². The summed E-state index contributed by atoms with van der Waals surface area (Å²) in [4.78, 5) is 12.4. The topological polar surface area (TPSA) is 40.5 Å². The normalized spacial score (nSPS) is 20.3. The molecule has 1 aromatic rings. The summed E-state index contributed by atoms with van der Waals surface area (Å²) in [7, 11) is -1.09. The molecule has 1 fully saturated rings. The van der Waals surface area contributed by atoms with Crippen LogP contribution in [-0.4, -0.2) is 22.9 Å². The number of halogens is 1. The van der Waals surface area contributed by atoms with Crippen LogP contribution in [0.3, 0.4) is 0 Å². The van der Waals surface area contributed by atoms with Crippen molar-refractivity contribution < 1.29 is 13.7 Å². The maximum Gasteiger partial charge on any atom is 0.525 e. The van der Waals surface area contributed by atoms with E-state index >= 15 is 0 Å². The van der Waals surface area contributed by atoms with E-state index in [0.29, 0.717) is 18.0 Å². The Morgan fingerprint density at radius 3 is 2.39 bits per heavy atom. The van der Waals surface area contributed by atoms with Gasteiger partial charge in [0.1, 0.15) is 5.73 Å². The van der Waals surface area contributed by atoms with Crippen molar-refractivity contribution in [2.45, 2.75) is 59.3 Å². The van der Waals surface area contributed by atoms with Crippen molar-refractivity contribution in [2.75, 3.05) is 0 Å². The summed E-state index contributed by atoms with van der Waals surface area (Å²) in [5.74, 6) is 0.333. The molecule has 23 heavy (non-hydrogen) atoms. The van der Waals surface area contributed by atoms with Gasteiger partial charge in [-0.2, -0.15) is 0 Å². The summed E-state index contributed by atoms with van der Waals surface area (Å²) in [6, 6.07) is 3.34. The van der Waals surface area contributed by atoms with Crippen LogP contribution in [0, 0.1) is 5.92 Å². The minimum absolute atomic E-state index is 0.215. The quantitative estimate of drug-likeness (QED) is 0.798. The van der Waals surface area contributed by atoms with E-state index < -0.39 is 24.0 Å². The van der Waals surface area contributed by atoms with Crippen LogP contribution in [0.5, 0.6) is 0 Å². The van der Waals surface area contributed by atoms with Crippen LogP contribution in [0.25, 0.3) is 6.08 Å². The number of hydrogen-bond acceptors (Lipinski definition) is 3. The fourth-order valence-electron chi connectivity index (χ4n) is 2.37. The Bertz CT molecular complexity index is 648. The lowest BCUT2D eigenvalue weighted by Crippen LogP contribution is -2.41. The van der Waals surface area contributed by atoms with Crippen molar-refractivity contribution in [1.29, 1.82) is 0 Å². The molecule has 0 unspecified atom stereocenters. The van der Waals surface area contributed by atoms with Gasteiger partial charge in [-0.3, -0.25) is 4.79 Å². The minimum atomic E-state index is -1.09. The molecule has 1 aromatic heterocycles. The molecule has 2 heterocycles.